The van der Waals surface area contributed by atoms with E-state index in [9.17, 15) is 5.11 Å². The van der Waals surface area contributed by atoms with Crippen LogP contribution in [0.3, 0.4) is 0 Å². The molecule has 2 heteroatoms. The van der Waals surface area contributed by atoms with Crippen LogP contribution in [0.15, 0.2) is 35.7 Å². The van der Waals surface area contributed by atoms with Gasteiger partial charge in [-0.05, 0) is 56.5 Å². The summed E-state index contributed by atoms with van der Waals surface area (Å²) in [6, 6.07) is 10.8. The Balaban J connectivity index is 1.78. The van der Waals surface area contributed by atoms with Crippen molar-refractivity contribution in [1.29, 1.82) is 0 Å². The van der Waals surface area contributed by atoms with Crippen molar-refractivity contribution in [3.63, 3.8) is 0 Å². The predicted molar refractivity (Wildman–Crippen MR) is 82.9 cm³/mol. The molecule has 19 heavy (non-hydrogen) atoms. The van der Waals surface area contributed by atoms with Crippen LogP contribution in [-0.4, -0.2) is 11.2 Å². The monoisotopic (exact) mass is 274 g/mol. The van der Waals surface area contributed by atoms with Gasteiger partial charge in [0.1, 0.15) is 0 Å². The molecule has 1 aromatic heterocycles. The molecule has 1 unspecified atom stereocenters. The van der Waals surface area contributed by atoms with E-state index in [-0.39, 0.29) is 6.10 Å². The molecule has 0 aliphatic rings. The zero-order valence-corrected chi connectivity index (χ0v) is 12.5. The minimum absolute atomic E-state index is 0.221. The minimum Gasteiger partial charge on any atom is -0.393 e. The lowest BCUT2D eigenvalue weighted by Crippen LogP contribution is -2.11. The Kier molecular flexibility index (Phi) is 5.17. The Morgan fingerprint density at radius 2 is 1.89 bits per heavy atom. The Labute approximate surface area is 119 Å². The summed E-state index contributed by atoms with van der Waals surface area (Å²) in [5, 5.41) is 12.2. The van der Waals surface area contributed by atoms with Crippen molar-refractivity contribution in [1.82, 2.24) is 0 Å². The number of hydrogen-bond acceptors (Lipinski definition) is 2. The lowest BCUT2D eigenvalue weighted by Gasteiger charge is -2.11. The summed E-state index contributed by atoms with van der Waals surface area (Å²) in [6.45, 7) is 4.22. The molecule has 1 heterocycles. The molecule has 0 amide bonds. The first-order chi connectivity index (χ1) is 9.13. The van der Waals surface area contributed by atoms with E-state index in [0.717, 1.165) is 25.7 Å². The van der Waals surface area contributed by atoms with Gasteiger partial charge in [0.25, 0.3) is 0 Å². The number of rotatable bonds is 6. The molecule has 0 aliphatic heterocycles. The summed E-state index contributed by atoms with van der Waals surface area (Å²) in [4.78, 5) is 1.42. The van der Waals surface area contributed by atoms with Crippen LogP contribution in [0.2, 0.25) is 0 Å². The third-order valence-corrected chi connectivity index (χ3v) is 4.23. The lowest BCUT2D eigenvalue weighted by molar-refractivity contribution is 0.162. The van der Waals surface area contributed by atoms with Gasteiger partial charge in [0.15, 0.2) is 0 Å². The SMILES string of the molecule is Cc1cc(C)cc(CC(O)CCCc2cccs2)c1. The molecule has 102 valence electrons. The van der Waals surface area contributed by atoms with Crippen LogP contribution in [0.1, 0.15) is 34.4 Å². The zero-order valence-electron chi connectivity index (χ0n) is 11.7. The lowest BCUT2D eigenvalue weighted by atomic mass is 10.00. The standard InChI is InChI=1S/C17H22OS/c1-13-9-14(2)11-15(10-13)12-16(18)5-3-6-17-7-4-8-19-17/h4,7-11,16,18H,3,5-6,12H2,1-2H3. The van der Waals surface area contributed by atoms with Crippen LogP contribution < -0.4 is 0 Å². The van der Waals surface area contributed by atoms with Gasteiger partial charge in [0.2, 0.25) is 0 Å². The Hall–Kier alpha value is -1.12. The van der Waals surface area contributed by atoms with E-state index >= 15 is 0 Å². The number of hydrogen-bond donors (Lipinski definition) is 1. The molecule has 0 aliphatic carbocycles. The quantitative estimate of drug-likeness (QED) is 0.833. The molecule has 2 aromatic rings. The molecule has 0 spiro atoms. The fraction of sp³-hybridized carbons (Fsp3) is 0.412. The number of aliphatic hydroxyl groups is 1. The highest BCUT2D eigenvalue weighted by Crippen LogP contribution is 2.16. The van der Waals surface area contributed by atoms with E-state index < -0.39 is 0 Å². The van der Waals surface area contributed by atoms with Crippen LogP contribution in [0, 0.1) is 13.8 Å². The summed E-state index contributed by atoms with van der Waals surface area (Å²) in [6.07, 6.45) is 3.58. The van der Waals surface area contributed by atoms with Gasteiger partial charge in [-0.15, -0.1) is 11.3 Å². The van der Waals surface area contributed by atoms with Crippen molar-refractivity contribution in [3.8, 4) is 0 Å². The van der Waals surface area contributed by atoms with E-state index in [4.69, 9.17) is 0 Å². The molecular weight excluding hydrogens is 252 g/mol. The van der Waals surface area contributed by atoms with Crippen LogP contribution in [0.5, 0.6) is 0 Å². The molecule has 1 atom stereocenters. The normalized spacial score (nSPS) is 12.6. The largest absolute Gasteiger partial charge is 0.393 e. The van der Waals surface area contributed by atoms with Gasteiger partial charge in [-0.2, -0.15) is 0 Å². The fourth-order valence-electron chi connectivity index (χ4n) is 2.53. The first-order valence-corrected chi connectivity index (χ1v) is 7.79. The average molecular weight is 274 g/mol. The first kappa shape index (κ1) is 14.3. The Bertz CT molecular complexity index is 482. The van der Waals surface area contributed by atoms with Crippen molar-refractivity contribution < 1.29 is 5.11 Å². The van der Waals surface area contributed by atoms with E-state index in [0.29, 0.717) is 0 Å². The van der Waals surface area contributed by atoms with Gasteiger partial charge in [0, 0.05) is 4.88 Å². The van der Waals surface area contributed by atoms with E-state index in [1.165, 1.54) is 21.6 Å². The number of aryl methyl sites for hydroxylation is 3. The van der Waals surface area contributed by atoms with Crippen LogP contribution in [0.4, 0.5) is 0 Å². The summed E-state index contributed by atoms with van der Waals surface area (Å²) < 4.78 is 0. The van der Waals surface area contributed by atoms with Crippen molar-refractivity contribution >= 4 is 11.3 Å². The Morgan fingerprint density at radius 3 is 2.53 bits per heavy atom. The highest BCUT2D eigenvalue weighted by molar-refractivity contribution is 7.09. The minimum atomic E-state index is -0.221. The van der Waals surface area contributed by atoms with Crippen molar-refractivity contribution in [2.75, 3.05) is 0 Å². The third-order valence-electron chi connectivity index (χ3n) is 3.29. The maximum absolute atomic E-state index is 10.1. The smallest absolute Gasteiger partial charge is 0.0580 e. The molecule has 0 fully saturated rings. The average Bonchev–Trinajstić information content (AvgIpc) is 2.80. The fourth-order valence-corrected chi connectivity index (χ4v) is 3.28. The van der Waals surface area contributed by atoms with Gasteiger partial charge in [0.05, 0.1) is 6.10 Å². The maximum Gasteiger partial charge on any atom is 0.0580 e. The first-order valence-electron chi connectivity index (χ1n) is 6.91. The van der Waals surface area contributed by atoms with Gasteiger partial charge in [-0.3, -0.25) is 0 Å². The highest BCUT2D eigenvalue weighted by Gasteiger charge is 2.07. The molecular formula is C17H22OS. The molecule has 0 saturated carbocycles. The summed E-state index contributed by atoms with van der Waals surface area (Å²) in [5.74, 6) is 0. The van der Waals surface area contributed by atoms with Crippen molar-refractivity contribution in [2.45, 2.75) is 45.6 Å². The molecule has 1 aromatic carbocycles. The van der Waals surface area contributed by atoms with Gasteiger partial charge < -0.3 is 5.11 Å². The third kappa shape index (κ3) is 4.81. The number of thiophene rings is 1. The molecule has 2 rings (SSSR count). The van der Waals surface area contributed by atoms with Crippen molar-refractivity contribution in [2.24, 2.45) is 0 Å². The Morgan fingerprint density at radius 1 is 1.16 bits per heavy atom. The van der Waals surface area contributed by atoms with Crippen LogP contribution in [-0.2, 0) is 12.8 Å². The van der Waals surface area contributed by atoms with Gasteiger partial charge >= 0.3 is 0 Å². The number of benzene rings is 1. The molecule has 0 radical (unpaired) electrons. The second-order valence-corrected chi connectivity index (χ2v) is 6.36. The summed E-state index contributed by atoms with van der Waals surface area (Å²) >= 11 is 1.80. The molecule has 1 N–H and O–H groups in total. The second-order valence-electron chi connectivity index (χ2n) is 5.33. The highest BCUT2D eigenvalue weighted by atomic mass is 32.1. The van der Waals surface area contributed by atoms with Gasteiger partial charge in [-0.1, -0.05) is 35.4 Å². The van der Waals surface area contributed by atoms with E-state index in [1.807, 2.05) is 0 Å². The topological polar surface area (TPSA) is 20.2 Å². The second kappa shape index (κ2) is 6.88. The number of aliphatic hydroxyl groups excluding tert-OH is 1. The van der Waals surface area contributed by atoms with E-state index in [2.05, 4.69) is 49.6 Å². The van der Waals surface area contributed by atoms with Gasteiger partial charge in [-0.25, -0.2) is 0 Å². The van der Waals surface area contributed by atoms with Crippen LogP contribution >= 0.6 is 11.3 Å². The van der Waals surface area contributed by atoms with Crippen LogP contribution in [0.25, 0.3) is 0 Å². The summed E-state index contributed by atoms with van der Waals surface area (Å²) in [5.41, 5.74) is 3.81. The molecule has 0 saturated heterocycles. The van der Waals surface area contributed by atoms with Crippen molar-refractivity contribution in [3.05, 3.63) is 57.3 Å². The molecule has 0 bridgehead atoms. The zero-order chi connectivity index (χ0) is 13.7. The van der Waals surface area contributed by atoms with E-state index in [1.54, 1.807) is 11.3 Å². The maximum atomic E-state index is 10.1. The molecule has 1 nitrogen and oxygen atoms in total. The summed E-state index contributed by atoms with van der Waals surface area (Å²) in [7, 11) is 0. The predicted octanol–water partition coefficient (Wildman–Crippen LogP) is 4.29.